The van der Waals surface area contributed by atoms with Gasteiger partial charge < -0.3 is 15.4 Å². The van der Waals surface area contributed by atoms with E-state index in [0.717, 1.165) is 0 Å². The maximum atomic E-state index is 11.3. The highest BCUT2D eigenvalue weighted by Gasteiger charge is 2.14. The Bertz CT molecular complexity index is 219. The summed E-state index contributed by atoms with van der Waals surface area (Å²) in [7, 11) is 1.55. The molecule has 0 radical (unpaired) electrons. The Kier molecular flexibility index (Phi) is 6.70. The van der Waals surface area contributed by atoms with E-state index in [1.807, 2.05) is 13.8 Å². The molecule has 0 aliphatic rings. The van der Waals surface area contributed by atoms with Crippen molar-refractivity contribution in [3.8, 4) is 0 Å². The normalized spacial score (nSPS) is 14.1. The Morgan fingerprint density at radius 3 is 2.20 bits per heavy atom. The van der Waals surface area contributed by atoms with E-state index in [1.165, 1.54) is 6.92 Å². The summed E-state index contributed by atoms with van der Waals surface area (Å²) in [5.41, 5.74) is 0. The Labute approximate surface area is 90.6 Å². The minimum Gasteiger partial charge on any atom is -0.384 e. The molecule has 0 heterocycles. The summed E-state index contributed by atoms with van der Waals surface area (Å²) in [6, 6.07) is -0.160. The molecule has 15 heavy (non-hydrogen) atoms. The Morgan fingerprint density at radius 1 is 1.20 bits per heavy atom. The van der Waals surface area contributed by atoms with E-state index < -0.39 is 0 Å². The Balaban J connectivity index is 3.84. The van der Waals surface area contributed by atoms with Crippen LogP contribution in [0.5, 0.6) is 0 Å². The third-order valence-corrected chi connectivity index (χ3v) is 2.10. The number of rotatable bonds is 6. The summed E-state index contributed by atoms with van der Waals surface area (Å²) in [5, 5.41) is 5.51. The molecule has 0 aliphatic carbocycles. The van der Waals surface area contributed by atoms with E-state index in [0.29, 0.717) is 13.0 Å². The van der Waals surface area contributed by atoms with Crippen LogP contribution in [0.3, 0.4) is 0 Å². The maximum absolute atomic E-state index is 11.3. The Morgan fingerprint density at radius 2 is 1.73 bits per heavy atom. The van der Waals surface area contributed by atoms with Crippen molar-refractivity contribution >= 4 is 11.8 Å². The molecule has 0 aliphatic heterocycles. The molecule has 0 saturated carbocycles. The fourth-order valence-corrected chi connectivity index (χ4v) is 1.09. The largest absolute Gasteiger partial charge is 0.384 e. The molecule has 5 heteroatoms. The molecule has 0 aromatic carbocycles. The summed E-state index contributed by atoms with van der Waals surface area (Å²) in [6.45, 7) is 5.57. The molecule has 2 N–H and O–H groups in total. The van der Waals surface area contributed by atoms with Gasteiger partial charge in [0.05, 0.1) is 6.61 Å². The summed E-state index contributed by atoms with van der Waals surface area (Å²) in [4.78, 5) is 22.1. The van der Waals surface area contributed by atoms with Gasteiger partial charge in [0.25, 0.3) is 0 Å². The predicted octanol–water partition coefficient (Wildman–Crippen LogP) is 0.0522. The first-order valence-electron chi connectivity index (χ1n) is 5.02. The van der Waals surface area contributed by atoms with Crippen molar-refractivity contribution in [1.82, 2.24) is 10.6 Å². The van der Waals surface area contributed by atoms with Crippen molar-refractivity contribution in [3.63, 3.8) is 0 Å². The van der Waals surface area contributed by atoms with E-state index in [-0.39, 0.29) is 23.9 Å². The van der Waals surface area contributed by atoms with Crippen molar-refractivity contribution in [2.45, 2.75) is 39.3 Å². The molecular weight excluding hydrogens is 196 g/mol. The molecule has 0 rings (SSSR count). The molecule has 0 aromatic heterocycles. The van der Waals surface area contributed by atoms with Crippen LogP contribution in [0.15, 0.2) is 0 Å². The molecule has 0 saturated heterocycles. The molecule has 0 fully saturated rings. The standard InChI is InChI=1S/C10H20N2O3/c1-7(11-9(3)13)8(2)12-10(14)5-6-15-4/h7-8H,5-6H2,1-4H3,(H,11,13)(H,12,14)/t7-,8?/m1/s1. The minimum atomic E-state index is -0.0968. The zero-order valence-electron chi connectivity index (χ0n) is 9.79. The number of carbonyl (C=O) groups is 2. The second-order valence-corrected chi connectivity index (χ2v) is 3.59. The smallest absolute Gasteiger partial charge is 0.222 e. The zero-order chi connectivity index (χ0) is 11.8. The lowest BCUT2D eigenvalue weighted by molar-refractivity contribution is -0.124. The molecule has 0 aromatic rings. The number of ether oxygens (including phenoxy) is 1. The van der Waals surface area contributed by atoms with E-state index in [2.05, 4.69) is 10.6 Å². The molecule has 2 amide bonds. The van der Waals surface area contributed by atoms with Crippen LogP contribution >= 0.6 is 0 Å². The number of amides is 2. The van der Waals surface area contributed by atoms with Gasteiger partial charge in [-0.05, 0) is 13.8 Å². The maximum Gasteiger partial charge on any atom is 0.222 e. The van der Waals surface area contributed by atoms with Crippen LogP contribution in [-0.2, 0) is 14.3 Å². The second-order valence-electron chi connectivity index (χ2n) is 3.59. The van der Waals surface area contributed by atoms with Crippen LogP contribution in [0.4, 0.5) is 0 Å². The average Bonchev–Trinajstić information content (AvgIpc) is 2.13. The monoisotopic (exact) mass is 216 g/mol. The number of methoxy groups -OCH3 is 1. The minimum absolute atomic E-state index is 0.0680. The summed E-state index contributed by atoms with van der Waals surface area (Å²) in [5.74, 6) is -0.165. The SMILES string of the molecule is COCCC(=O)NC(C)[C@@H](C)NC(C)=O. The van der Waals surface area contributed by atoms with Gasteiger partial charge >= 0.3 is 0 Å². The van der Waals surface area contributed by atoms with Gasteiger partial charge in [-0.1, -0.05) is 0 Å². The van der Waals surface area contributed by atoms with Crippen molar-refractivity contribution in [2.75, 3.05) is 13.7 Å². The van der Waals surface area contributed by atoms with E-state index >= 15 is 0 Å². The molecule has 0 spiro atoms. The average molecular weight is 216 g/mol. The lowest BCUT2D eigenvalue weighted by Crippen LogP contribution is -2.48. The number of carbonyl (C=O) groups excluding carboxylic acids is 2. The van der Waals surface area contributed by atoms with Crippen LogP contribution < -0.4 is 10.6 Å². The highest BCUT2D eigenvalue weighted by Crippen LogP contribution is 1.93. The zero-order valence-corrected chi connectivity index (χ0v) is 9.79. The third-order valence-electron chi connectivity index (χ3n) is 2.10. The van der Waals surface area contributed by atoms with Crippen molar-refractivity contribution in [1.29, 1.82) is 0 Å². The highest BCUT2D eigenvalue weighted by atomic mass is 16.5. The molecule has 1 unspecified atom stereocenters. The van der Waals surface area contributed by atoms with Crippen LogP contribution in [0.25, 0.3) is 0 Å². The summed E-state index contributed by atoms with van der Waals surface area (Å²) >= 11 is 0. The fraction of sp³-hybridized carbons (Fsp3) is 0.800. The predicted molar refractivity (Wildman–Crippen MR) is 57.4 cm³/mol. The third kappa shape index (κ3) is 6.90. The molecule has 0 bridgehead atoms. The van der Waals surface area contributed by atoms with Crippen LogP contribution in [0.2, 0.25) is 0 Å². The number of nitrogens with one attached hydrogen (secondary N) is 2. The van der Waals surface area contributed by atoms with Gasteiger partial charge in [0.2, 0.25) is 11.8 Å². The second kappa shape index (κ2) is 7.23. The molecule has 88 valence electrons. The van der Waals surface area contributed by atoms with E-state index in [4.69, 9.17) is 4.74 Å². The first kappa shape index (κ1) is 13.9. The van der Waals surface area contributed by atoms with Crippen molar-refractivity contribution in [2.24, 2.45) is 0 Å². The first-order chi connectivity index (χ1) is 6.97. The van der Waals surface area contributed by atoms with E-state index in [1.54, 1.807) is 7.11 Å². The topological polar surface area (TPSA) is 67.4 Å². The van der Waals surface area contributed by atoms with Gasteiger partial charge in [0.1, 0.15) is 0 Å². The van der Waals surface area contributed by atoms with Crippen LogP contribution in [-0.4, -0.2) is 37.6 Å². The van der Waals surface area contributed by atoms with Gasteiger partial charge in [-0.25, -0.2) is 0 Å². The van der Waals surface area contributed by atoms with Crippen LogP contribution in [0.1, 0.15) is 27.2 Å². The molecular formula is C10H20N2O3. The van der Waals surface area contributed by atoms with Crippen molar-refractivity contribution in [3.05, 3.63) is 0 Å². The summed E-state index contributed by atoms with van der Waals surface area (Å²) in [6.07, 6.45) is 0.341. The van der Waals surface area contributed by atoms with Crippen molar-refractivity contribution < 1.29 is 14.3 Å². The number of hydrogen-bond acceptors (Lipinski definition) is 3. The van der Waals surface area contributed by atoms with Gasteiger partial charge in [0.15, 0.2) is 0 Å². The number of hydrogen-bond donors (Lipinski definition) is 2. The Hall–Kier alpha value is -1.10. The highest BCUT2D eigenvalue weighted by molar-refractivity contribution is 5.76. The molecule has 5 nitrogen and oxygen atoms in total. The van der Waals surface area contributed by atoms with E-state index in [9.17, 15) is 9.59 Å². The van der Waals surface area contributed by atoms with Gasteiger partial charge in [-0.2, -0.15) is 0 Å². The van der Waals surface area contributed by atoms with Gasteiger partial charge in [-0.15, -0.1) is 0 Å². The lowest BCUT2D eigenvalue weighted by atomic mass is 10.1. The quantitative estimate of drug-likeness (QED) is 0.659. The molecule has 2 atom stereocenters. The van der Waals surface area contributed by atoms with Gasteiger partial charge in [-0.3, -0.25) is 9.59 Å². The lowest BCUT2D eigenvalue weighted by Gasteiger charge is -2.21. The fourth-order valence-electron chi connectivity index (χ4n) is 1.09. The van der Waals surface area contributed by atoms with Crippen LogP contribution in [0, 0.1) is 0 Å². The van der Waals surface area contributed by atoms with Gasteiger partial charge in [0, 0.05) is 32.5 Å². The summed E-state index contributed by atoms with van der Waals surface area (Å²) < 4.78 is 4.79. The first-order valence-corrected chi connectivity index (χ1v) is 5.02.